The molecule has 2 N–H and O–H groups in total. The number of aromatic nitrogens is 2. The number of rotatable bonds is 6. The van der Waals surface area contributed by atoms with Crippen LogP contribution in [-0.2, 0) is 30.0 Å². The fraction of sp³-hybridized carbons (Fsp3) is 0.375. The number of nitrogens with one attached hydrogen (secondary N) is 2. The summed E-state index contributed by atoms with van der Waals surface area (Å²) in [6.45, 7) is 3.84. The molecular weight excluding hydrogens is 326 g/mol. The molecule has 0 saturated carbocycles. The zero-order valence-corrected chi connectivity index (χ0v) is 15.0. The van der Waals surface area contributed by atoms with E-state index < -0.39 is 9.84 Å². The Kier molecular flexibility index (Phi) is 5.97. The Morgan fingerprint density at radius 1 is 1.21 bits per heavy atom. The molecule has 0 unspecified atom stereocenters. The SMILES string of the molecule is CCNC(=NCc1ccc(S(C)(=O)=O)cc1)NCc1ccnn1C. The molecule has 0 amide bonds. The van der Waals surface area contributed by atoms with Gasteiger partial charge in [0.25, 0.3) is 0 Å². The molecule has 0 spiro atoms. The molecule has 24 heavy (non-hydrogen) atoms. The van der Waals surface area contributed by atoms with Gasteiger partial charge in [-0.1, -0.05) is 12.1 Å². The maximum atomic E-state index is 11.5. The van der Waals surface area contributed by atoms with Crippen molar-refractivity contribution in [2.75, 3.05) is 12.8 Å². The highest BCUT2D eigenvalue weighted by atomic mass is 32.2. The fourth-order valence-corrected chi connectivity index (χ4v) is 2.73. The van der Waals surface area contributed by atoms with E-state index in [-0.39, 0.29) is 0 Å². The van der Waals surface area contributed by atoms with Crippen LogP contribution in [0.4, 0.5) is 0 Å². The van der Waals surface area contributed by atoms with Gasteiger partial charge in [0.05, 0.1) is 23.7 Å². The number of guanidine groups is 1. The quantitative estimate of drug-likeness (QED) is 0.602. The Labute approximate surface area is 142 Å². The van der Waals surface area contributed by atoms with Gasteiger partial charge < -0.3 is 10.6 Å². The van der Waals surface area contributed by atoms with Crippen LogP contribution in [0.1, 0.15) is 18.2 Å². The minimum absolute atomic E-state index is 0.316. The predicted octanol–water partition coefficient (Wildman–Crippen LogP) is 1.08. The predicted molar refractivity (Wildman–Crippen MR) is 94.4 cm³/mol. The number of nitrogens with zero attached hydrogens (tertiary/aromatic N) is 3. The van der Waals surface area contributed by atoms with Crippen molar-refractivity contribution in [3.63, 3.8) is 0 Å². The van der Waals surface area contributed by atoms with Gasteiger partial charge in [0, 0.05) is 26.0 Å². The molecule has 0 atom stereocenters. The summed E-state index contributed by atoms with van der Waals surface area (Å²) in [7, 11) is -1.27. The fourth-order valence-electron chi connectivity index (χ4n) is 2.10. The summed E-state index contributed by atoms with van der Waals surface area (Å²) in [6, 6.07) is 8.72. The summed E-state index contributed by atoms with van der Waals surface area (Å²) < 4.78 is 24.7. The Morgan fingerprint density at radius 2 is 1.92 bits per heavy atom. The number of sulfone groups is 1. The largest absolute Gasteiger partial charge is 0.357 e. The van der Waals surface area contributed by atoms with Crippen LogP contribution in [-0.4, -0.2) is 37.0 Å². The van der Waals surface area contributed by atoms with E-state index in [0.717, 1.165) is 17.8 Å². The highest BCUT2D eigenvalue weighted by molar-refractivity contribution is 7.90. The topological polar surface area (TPSA) is 88.4 Å². The third kappa shape index (κ3) is 5.09. The van der Waals surface area contributed by atoms with E-state index in [1.54, 1.807) is 35.1 Å². The molecule has 0 bridgehead atoms. The molecule has 0 fully saturated rings. The van der Waals surface area contributed by atoms with Crippen LogP contribution in [0.2, 0.25) is 0 Å². The number of benzene rings is 1. The number of aryl methyl sites for hydroxylation is 1. The maximum Gasteiger partial charge on any atom is 0.191 e. The van der Waals surface area contributed by atoms with Gasteiger partial charge in [0.2, 0.25) is 0 Å². The molecular formula is C16H23N5O2S. The highest BCUT2D eigenvalue weighted by Gasteiger charge is 2.06. The number of hydrogen-bond donors (Lipinski definition) is 2. The lowest BCUT2D eigenvalue weighted by Gasteiger charge is -2.11. The minimum Gasteiger partial charge on any atom is -0.357 e. The standard InChI is InChI=1S/C16H23N5O2S/c1-4-17-16(19-12-14-9-10-20-21(14)2)18-11-13-5-7-15(8-6-13)24(3,22)23/h5-10H,4,11-12H2,1-3H3,(H2,17,18,19). The van der Waals surface area contributed by atoms with Gasteiger partial charge in [-0.15, -0.1) is 0 Å². The first-order chi connectivity index (χ1) is 11.4. The second kappa shape index (κ2) is 7.96. The first kappa shape index (κ1) is 18.0. The lowest BCUT2D eigenvalue weighted by atomic mass is 10.2. The van der Waals surface area contributed by atoms with Crippen molar-refractivity contribution >= 4 is 15.8 Å². The van der Waals surface area contributed by atoms with Crippen molar-refractivity contribution in [1.82, 2.24) is 20.4 Å². The first-order valence-electron chi connectivity index (χ1n) is 7.68. The molecule has 7 nitrogen and oxygen atoms in total. The number of aliphatic imine (C=N–C) groups is 1. The molecule has 2 aromatic rings. The molecule has 0 aliphatic carbocycles. The Hall–Kier alpha value is -2.35. The molecule has 1 aromatic carbocycles. The minimum atomic E-state index is -3.17. The number of hydrogen-bond acceptors (Lipinski definition) is 4. The third-order valence-corrected chi connectivity index (χ3v) is 4.60. The summed E-state index contributed by atoms with van der Waals surface area (Å²) in [6.07, 6.45) is 2.95. The van der Waals surface area contributed by atoms with E-state index in [1.165, 1.54) is 6.26 Å². The van der Waals surface area contributed by atoms with Crippen LogP contribution in [0.25, 0.3) is 0 Å². The van der Waals surface area contributed by atoms with Crippen molar-refractivity contribution in [2.45, 2.75) is 24.9 Å². The normalized spacial score (nSPS) is 12.2. The van der Waals surface area contributed by atoms with Gasteiger partial charge >= 0.3 is 0 Å². The van der Waals surface area contributed by atoms with E-state index in [1.807, 2.05) is 20.0 Å². The summed E-state index contributed by atoms with van der Waals surface area (Å²) in [5.74, 6) is 0.700. The molecule has 2 rings (SSSR count). The first-order valence-corrected chi connectivity index (χ1v) is 9.57. The van der Waals surface area contributed by atoms with Gasteiger partial charge in [-0.3, -0.25) is 4.68 Å². The smallest absolute Gasteiger partial charge is 0.191 e. The van der Waals surface area contributed by atoms with Gasteiger partial charge in [0.15, 0.2) is 15.8 Å². The third-order valence-electron chi connectivity index (χ3n) is 3.47. The van der Waals surface area contributed by atoms with Crippen molar-refractivity contribution in [1.29, 1.82) is 0 Å². The van der Waals surface area contributed by atoms with Crippen molar-refractivity contribution in [3.05, 3.63) is 47.8 Å². The highest BCUT2D eigenvalue weighted by Crippen LogP contribution is 2.11. The van der Waals surface area contributed by atoms with Crippen LogP contribution in [0.3, 0.4) is 0 Å². The van der Waals surface area contributed by atoms with Crippen LogP contribution < -0.4 is 10.6 Å². The summed E-state index contributed by atoms with van der Waals surface area (Å²) in [5, 5.41) is 10.6. The molecule has 1 aromatic heterocycles. The average Bonchev–Trinajstić information content (AvgIpc) is 2.95. The van der Waals surface area contributed by atoms with Crippen LogP contribution in [0.15, 0.2) is 46.4 Å². The summed E-state index contributed by atoms with van der Waals surface area (Å²) in [4.78, 5) is 4.84. The van der Waals surface area contributed by atoms with E-state index >= 15 is 0 Å². The second-order valence-corrected chi connectivity index (χ2v) is 7.43. The molecule has 130 valence electrons. The zero-order valence-electron chi connectivity index (χ0n) is 14.2. The Bertz CT molecular complexity index is 794. The second-order valence-electron chi connectivity index (χ2n) is 5.41. The van der Waals surface area contributed by atoms with Gasteiger partial charge in [-0.25, -0.2) is 13.4 Å². The van der Waals surface area contributed by atoms with Crippen LogP contribution in [0, 0.1) is 0 Å². The lowest BCUT2D eigenvalue weighted by molar-refractivity contribution is 0.602. The maximum absolute atomic E-state index is 11.5. The zero-order chi connectivity index (χ0) is 17.6. The molecule has 0 radical (unpaired) electrons. The summed E-state index contributed by atoms with van der Waals surface area (Å²) >= 11 is 0. The molecule has 1 heterocycles. The van der Waals surface area contributed by atoms with Crippen molar-refractivity contribution in [3.8, 4) is 0 Å². The lowest BCUT2D eigenvalue weighted by Crippen LogP contribution is -2.37. The van der Waals surface area contributed by atoms with Crippen molar-refractivity contribution in [2.24, 2.45) is 12.0 Å². The molecule has 0 aliphatic heterocycles. The van der Waals surface area contributed by atoms with E-state index in [2.05, 4.69) is 20.7 Å². The average molecular weight is 349 g/mol. The van der Waals surface area contributed by atoms with Gasteiger partial charge in [0.1, 0.15) is 0 Å². The molecule has 8 heteroatoms. The van der Waals surface area contributed by atoms with Crippen LogP contribution in [0.5, 0.6) is 0 Å². The monoisotopic (exact) mass is 349 g/mol. The Morgan fingerprint density at radius 3 is 2.46 bits per heavy atom. The van der Waals surface area contributed by atoms with E-state index in [0.29, 0.717) is 23.9 Å². The van der Waals surface area contributed by atoms with E-state index in [9.17, 15) is 8.42 Å². The molecule has 0 saturated heterocycles. The Balaban J connectivity index is 2.01. The van der Waals surface area contributed by atoms with Crippen LogP contribution >= 0.6 is 0 Å². The van der Waals surface area contributed by atoms with Gasteiger partial charge in [-0.2, -0.15) is 5.10 Å². The molecule has 0 aliphatic rings. The summed E-state index contributed by atoms with van der Waals surface area (Å²) in [5.41, 5.74) is 2.00. The van der Waals surface area contributed by atoms with Gasteiger partial charge in [-0.05, 0) is 30.7 Å². The van der Waals surface area contributed by atoms with E-state index in [4.69, 9.17) is 0 Å². The van der Waals surface area contributed by atoms with Crippen molar-refractivity contribution < 1.29 is 8.42 Å².